The molecule has 5 nitrogen and oxygen atoms in total. The molecule has 0 saturated carbocycles. The van der Waals surface area contributed by atoms with E-state index in [1.165, 1.54) is 7.11 Å². The number of carbonyl (C=O) groups excluding carboxylic acids is 1. The molecule has 88 valence electrons. The lowest BCUT2D eigenvalue weighted by atomic mass is 10.1. The van der Waals surface area contributed by atoms with Crippen molar-refractivity contribution in [3.63, 3.8) is 0 Å². The Bertz CT molecular complexity index is 205. The minimum Gasteiger partial charge on any atom is -0.469 e. The van der Waals surface area contributed by atoms with Gasteiger partial charge in [0.1, 0.15) is 0 Å². The zero-order chi connectivity index (χ0) is 11.3. The number of nitrogens with zero attached hydrogens (tertiary/aromatic N) is 1. The Hall–Kier alpha value is -0.650. The van der Waals surface area contributed by atoms with Gasteiger partial charge < -0.3 is 9.47 Å². The van der Waals surface area contributed by atoms with Crippen molar-refractivity contribution in [2.75, 3.05) is 33.4 Å². The van der Waals surface area contributed by atoms with Gasteiger partial charge in [0.2, 0.25) is 0 Å². The van der Waals surface area contributed by atoms with Crippen LogP contribution in [0.1, 0.15) is 13.8 Å². The van der Waals surface area contributed by atoms with E-state index >= 15 is 0 Å². The fourth-order valence-electron chi connectivity index (χ4n) is 1.48. The molecule has 1 aliphatic heterocycles. The molecule has 1 heterocycles. The molecule has 0 aromatic carbocycles. The van der Waals surface area contributed by atoms with Crippen LogP contribution in [0.15, 0.2) is 0 Å². The summed E-state index contributed by atoms with van der Waals surface area (Å²) in [6.45, 7) is 7.05. The number of hydrogen-bond donors (Lipinski definition) is 1. The largest absolute Gasteiger partial charge is 0.469 e. The molecule has 1 rings (SSSR count). The third-order valence-corrected chi connectivity index (χ3v) is 2.72. The second-order valence-electron chi connectivity index (χ2n) is 3.83. The number of ether oxygens (including phenoxy) is 2. The SMILES string of the molecule is COC(=O)C(C)C(C)NN1CCOCC1. The van der Waals surface area contributed by atoms with E-state index in [0.29, 0.717) is 0 Å². The summed E-state index contributed by atoms with van der Waals surface area (Å²) >= 11 is 0. The van der Waals surface area contributed by atoms with Crippen LogP contribution in [-0.4, -0.2) is 50.4 Å². The van der Waals surface area contributed by atoms with E-state index in [1.54, 1.807) is 0 Å². The molecule has 0 aliphatic carbocycles. The van der Waals surface area contributed by atoms with Gasteiger partial charge in [-0.15, -0.1) is 0 Å². The summed E-state index contributed by atoms with van der Waals surface area (Å²) in [4.78, 5) is 11.3. The summed E-state index contributed by atoms with van der Waals surface area (Å²) in [5.41, 5.74) is 3.29. The molecule has 1 N–H and O–H groups in total. The maximum atomic E-state index is 11.3. The summed E-state index contributed by atoms with van der Waals surface area (Å²) in [6.07, 6.45) is 0. The van der Waals surface area contributed by atoms with E-state index in [4.69, 9.17) is 9.47 Å². The van der Waals surface area contributed by atoms with Gasteiger partial charge in [-0.1, -0.05) is 6.92 Å². The van der Waals surface area contributed by atoms with Gasteiger partial charge in [-0.3, -0.25) is 10.2 Å². The van der Waals surface area contributed by atoms with Gasteiger partial charge in [-0.2, -0.15) is 0 Å². The van der Waals surface area contributed by atoms with Crippen LogP contribution in [0.4, 0.5) is 0 Å². The molecule has 1 fully saturated rings. The number of morpholine rings is 1. The van der Waals surface area contributed by atoms with Crippen molar-refractivity contribution >= 4 is 5.97 Å². The van der Waals surface area contributed by atoms with Gasteiger partial charge in [0.25, 0.3) is 0 Å². The van der Waals surface area contributed by atoms with Crippen LogP contribution in [0.25, 0.3) is 0 Å². The van der Waals surface area contributed by atoms with Gasteiger partial charge in [-0.25, -0.2) is 5.01 Å². The number of nitrogens with one attached hydrogen (secondary N) is 1. The van der Waals surface area contributed by atoms with Gasteiger partial charge in [-0.05, 0) is 6.92 Å². The molecular formula is C10H20N2O3. The highest BCUT2D eigenvalue weighted by Crippen LogP contribution is 2.06. The van der Waals surface area contributed by atoms with Gasteiger partial charge in [0.05, 0.1) is 26.2 Å². The Morgan fingerprint density at radius 3 is 2.53 bits per heavy atom. The molecule has 1 aliphatic rings. The standard InChI is InChI=1S/C10H20N2O3/c1-8(10(13)14-3)9(2)11-12-4-6-15-7-5-12/h8-9,11H,4-7H2,1-3H3. The van der Waals surface area contributed by atoms with E-state index in [0.717, 1.165) is 26.3 Å². The highest BCUT2D eigenvalue weighted by Gasteiger charge is 2.23. The normalized spacial score (nSPS) is 22.1. The van der Waals surface area contributed by atoms with Crippen LogP contribution in [-0.2, 0) is 14.3 Å². The highest BCUT2D eigenvalue weighted by molar-refractivity contribution is 5.72. The summed E-state index contributed by atoms with van der Waals surface area (Å²) in [5, 5.41) is 2.09. The van der Waals surface area contributed by atoms with Gasteiger partial charge in [0.15, 0.2) is 0 Å². The average Bonchev–Trinajstić information content (AvgIpc) is 2.28. The number of methoxy groups -OCH3 is 1. The first-order chi connectivity index (χ1) is 7.15. The number of carbonyl (C=O) groups is 1. The van der Waals surface area contributed by atoms with Crippen molar-refractivity contribution in [2.45, 2.75) is 19.9 Å². The Morgan fingerprint density at radius 1 is 1.40 bits per heavy atom. The predicted molar refractivity (Wildman–Crippen MR) is 56.2 cm³/mol. The van der Waals surface area contributed by atoms with Gasteiger partial charge in [0, 0.05) is 19.1 Å². The number of esters is 1. The van der Waals surface area contributed by atoms with Crippen LogP contribution < -0.4 is 5.43 Å². The van der Waals surface area contributed by atoms with E-state index < -0.39 is 0 Å². The number of hydrazine groups is 1. The predicted octanol–water partition coefficient (Wildman–Crippen LogP) is 0.0208. The van der Waals surface area contributed by atoms with Crippen molar-refractivity contribution in [1.82, 2.24) is 10.4 Å². The van der Waals surface area contributed by atoms with Crippen LogP contribution in [0.3, 0.4) is 0 Å². The lowest BCUT2D eigenvalue weighted by molar-refractivity contribution is -0.146. The quantitative estimate of drug-likeness (QED) is 0.671. The highest BCUT2D eigenvalue weighted by atomic mass is 16.5. The average molecular weight is 216 g/mol. The molecule has 0 bridgehead atoms. The molecule has 0 aromatic rings. The summed E-state index contributed by atoms with van der Waals surface area (Å²) in [5.74, 6) is -0.318. The second kappa shape index (κ2) is 6.05. The molecular weight excluding hydrogens is 196 g/mol. The zero-order valence-corrected chi connectivity index (χ0v) is 9.66. The second-order valence-corrected chi connectivity index (χ2v) is 3.83. The van der Waals surface area contributed by atoms with Crippen molar-refractivity contribution < 1.29 is 14.3 Å². The van der Waals surface area contributed by atoms with Crippen molar-refractivity contribution in [1.29, 1.82) is 0 Å². The molecule has 2 unspecified atom stereocenters. The molecule has 0 radical (unpaired) electrons. The first-order valence-corrected chi connectivity index (χ1v) is 5.32. The Morgan fingerprint density at radius 2 is 2.00 bits per heavy atom. The Kier molecular flexibility index (Phi) is 5.01. The zero-order valence-electron chi connectivity index (χ0n) is 9.66. The Balaban J connectivity index is 2.32. The molecule has 0 amide bonds. The number of rotatable bonds is 4. The fourth-order valence-corrected chi connectivity index (χ4v) is 1.48. The molecule has 2 atom stereocenters. The molecule has 0 spiro atoms. The maximum absolute atomic E-state index is 11.3. The summed E-state index contributed by atoms with van der Waals surface area (Å²) < 4.78 is 9.94. The van der Waals surface area contributed by atoms with E-state index in [9.17, 15) is 4.79 Å². The van der Waals surface area contributed by atoms with Crippen molar-refractivity contribution in [3.05, 3.63) is 0 Å². The minimum atomic E-state index is -0.178. The van der Waals surface area contributed by atoms with Crippen LogP contribution in [0.2, 0.25) is 0 Å². The first kappa shape index (κ1) is 12.4. The smallest absolute Gasteiger partial charge is 0.310 e. The Labute approximate surface area is 90.7 Å². The molecule has 1 saturated heterocycles. The van der Waals surface area contributed by atoms with Crippen LogP contribution in [0, 0.1) is 5.92 Å². The minimum absolute atomic E-state index is 0.0792. The topological polar surface area (TPSA) is 50.8 Å². The van der Waals surface area contributed by atoms with E-state index in [-0.39, 0.29) is 17.9 Å². The third kappa shape index (κ3) is 3.77. The monoisotopic (exact) mass is 216 g/mol. The van der Waals surface area contributed by atoms with Crippen LogP contribution in [0.5, 0.6) is 0 Å². The molecule has 0 aromatic heterocycles. The number of hydrogen-bond acceptors (Lipinski definition) is 5. The van der Waals surface area contributed by atoms with E-state index in [2.05, 4.69) is 10.4 Å². The third-order valence-electron chi connectivity index (χ3n) is 2.72. The fraction of sp³-hybridized carbons (Fsp3) is 0.900. The summed E-state index contributed by atoms with van der Waals surface area (Å²) in [6, 6.07) is 0.0792. The maximum Gasteiger partial charge on any atom is 0.310 e. The lowest BCUT2D eigenvalue weighted by Crippen LogP contribution is -2.52. The van der Waals surface area contributed by atoms with Crippen molar-refractivity contribution in [3.8, 4) is 0 Å². The van der Waals surface area contributed by atoms with Gasteiger partial charge >= 0.3 is 5.97 Å². The van der Waals surface area contributed by atoms with Crippen molar-refractivity contribution in [2.24, 2.45) is 5.92 Å². The van der Waals surface area contributed by atoms with E-state index in [1.807, 2.05) is 13.8 Å². The summed E-state index contributed by atoms with van der Waals surface area (Å²) in [7, 11) is 1.42. The molecule has 15 heavy (non-hydrogen) atoms. The van der Waals surface area contributed by atoms with Crippen LogP contribution >= 0.6 is 0 Å². The lowest BCUT2D eigenvalue weighted by Gasteiger charge is -2.31. The first-order valence-electron chi connectivity index (χ1n) is 5.32. The molecule has 5 heteroatoms.